The first-order chi connectivity index (χ1) is 8.72. The van der Waals surface area contributed by atoms with Crippen molar-refractivity contribution in [1.29, 1.82) is 0 Å². The van der Waals surface area contributed by atoms with Gasteiger partial charge in [-0.15, -0.1) is 6.58 Å². The summed E-state index contributed by atoms with van der Waals surface area (Å²) in [7, 11) is 0. The molecule has 0 bridgehead atoms. The van der Waals surface area contributed by atoms with Gasteiger partial charge in [0, 0.05) is 11.9 Å². The zero-order valence-corrected chi connectivity index (χ0v) is 9.76. The molecule has 0 amide bonds. The fraction of sp³-hybridized carbons (Fsp3) is 0.154. The maximum atomic E-state index is 11.0. The molecular weight excluding hydrogens is 230 g/mol. The van der Waals surface area contributed by atoms with E-state index in [4.69, 9.17) is 5.11 Å². The van der Waals surface area contributed by atoms with E-state index in [1.165, 1.54) is 0 Å². The first kappa shape index (κ1) is 12.0. The number of benzene rings is 1. The summed E-state index contributed by atoms with van der Waals surface area (Å²) >= 11 is 0. The van der Waals surface area contributed by atoms with E-state index >= 15 is 0 Å². The minimum Gasteiger partial charge on any atom is -0.475 e. The van der Waals surface area contributed by atoms with Crippen LogP contribution in [0, 0.1) is 0 Å². The van der Waals surface area contributed by atoms with Crippen molar-refractivity contribution in [3.8, 4) is 0 Å². The molecule has 0 aliphatic carbocycles. The molecule has 0 radical (unpaired) electrons. The molecule has 2 rings (SSSR count). The van der Waals surface area contributed by atoms with Crippen molar-refractivity contribution in [2.75, 3.05) is 11.9 Å². The quantitative estimate of drug-likeness (QED) is 0.622. The number of para-hydroxylation sites is 1. The van der Waals surface area contributed by atoms with Crippen LogP contribution in [0.15, 0.2) is 36.9 Å². The summed E-state index contributed by atoms with van der Waals surface area (Å²) in [6.07, 6.45) is 2.56. The molecule has 92 valence electrons. The topological polar surface area (TPSA) is 75.1 Å². The maximum Gasteiger partial charge on any atom is 0.374 e. The van der Waals surface area contributed by atoms with Crippen LogP contribution < -0.4 is 5.32 Å². The third kappa shape index (κ3) is 2.45. The van der Waals surface area contributed by atoms with E-state index < -0.39 is 5.97 Å². The maximum absolute atomic E-state index is 11.0. The van der Waals surface area contributed by atoms with Crippen LogP contribution in [0.25, 0.3) is 10.9 Å². The molecule has 2 aromatic rings. The van der Waals surface area contributed by atoms with Gasteiger partial charge in [-0.3, -0.25) is 0 Å². The number of fused-ring (bicyclic) bond motifs is 1. The molecule has 0 saturated carbocycles. The van der Waals surface area contributed by atoms with Crippen molar-refractivity contribution < 1.29 is 9.90 Å². The number of aromatic nitrogens is 2. The highest BCUT2D eigenvalue weighted by Gasteiger charge is 2.11. The van der Waals surface area contributed by atoms with Crippen LogP contribution in [0.3, 0.4) is 0 Å². The van der Waals surface area contributed by atoms with E-state index in [0.717, 1.165) is 11.8 Å². The summed E-state index contributed by atoms with van der Waals surface area (Å²) in [5, 5.41) is 12.9. The number of rotatable bonds is 5. The third-order valence-corrected chi connectivity index (χ3v) is 2.44. The van der Waals surface area contributed by atoms with Crippen LogP contribution >= 0.6 is 0 Å². The minimum absolute atomic E-state index is 0.199. The lowest BCUT2D eigenvalue weighted by Crippen LogP contribution is -2.09. The summed E-state index contributed by atoms with van der Waals surface area (Å²) in [6, 6.07) is 7.30. The van der Waals surface area contributed by atoms with E-state index in [9.17, 15) is 4.79 Å². The first-order valence-corrected chi connectivity index (χ1v) is 5.57. The largest absolute Gasteiger partial charge is 0.475 e. The number of aromatic carboxylic acids is 1. The Morgan fingerprint density at radius 3 is 2.89 bits per heavy atom. The van der Waals surface area contributed by atoms with E-state index in [0.29, 0.717) is 17.9 Å². The summed E-state index contributed by atoms with van der Waals surface area (Å²) in [6.45, 7) is 4.29. The van der Waals surface area contributed by atoms with Crippen LogP contribution in [0.2, 0.25) is 0 Å². The van der Waals surface area contributed by atoms with Crippen LogP contribution in [-0.4, -0.2) is 27.6 Å². The monoisotopic (exact) mass is 243 g/mol. The molecule has 1 aromatic carbocycles. The molecule has 0 aliphatic heterocycles. The average Bonchev–Trinajstić information content (AvgIpc) is 2.38. The number of carboxylic acid groups (broad SMARTS) is 1. The second kappa shape index (κ2) is 5.27. The van der Waals surface area contributed by atoms with Gasteiger partial charge in [-0.1, -0.05) is 18.2 Å². The number of hydrogen-bond acceptors (Lipinski definition) is 4. The zero-order chi connectivity index (χ0) is 13.0. The molecule has 5 nitrogen and oxygen atoms in total. The van der Waals surface area contributed by atoms with E-state index in [2.05, 4.69) is 21.9 Å². The summed E-state index contributed by atoms with van der Waals surface area (Å²) < 4.78 is 0. The van der Waals surface area contributed by atoms with Crippen molar-refractivity contribution >= 4 is 22.7 Å². The Balaban J connectivity index is 2.46. The number of hydrogen-bond donors (Lipinski definition) is 2. The molecule has 2 N–H and O–H groups in total. The number of nitrogens with one attached hydrogen (secondary N) is 1. The number of carbonyl (C=O) groups is 1. The van der Waals surface area contributed by atoms with Gasteiger partial charge in [-0.25, -0.2) is 14.8 Å². The third-order valence-electron chi connectivity index (χ3n) is 2.44. The molecule has 0 unspecified atom stereocenters. The van der Waals surface area contributed by atoms with Crippen molar-refractivity contribution in [3.05, 3.63) is 42.7 Å². The molecule has 1 heterocycles. The van der Waals surface area contributed by atoms with Crippen molar-refractivity contribution in [3.63, 3.8) is 0 Å². The van der Waals surface area contributed by atoms with Crippen molar-refractivity contribution in [2.24, 2.45) is 0 Å². The Labute approximate surface area is 104 Å². The van der Waals surface area contributed by atoms with Crippen LogP contribution in [-0.2, 0) is 0 Å². The van der Waals surface area contributed by atoms with E-state index in [-0.39, 0.29) is 5.82 Å². The van der Waals surface area contributed by atoms with Crippen LogP contribution in [0.4, 0.5) is 5.82 Å². The molecule has 5 heteroatoms. The summed E-state index contributed by atoms with van der Waals surface area (Å²) in [4.78, 5) is 19.0. The molecule has 0 fully saturated rings. The van der Waals surface area contributed by atoms with Gasteiger partial charge < -0.3 is 10.4 Å². The van der Waals surface area contributed by atoms with Gasteiger partial charge in [-0.2, -0.15) is 0 Å². The van der Waals surface area contributed by atoms with Gasteiger partial charge in [0.1, 0.15) is 5.82 Å². The lowest BCUT2D eigenvalue weighted by molar-refractivity contribution is 0.0684. The molecule has 0 aliphatic rings. The Morgan fingerprint density at radius 1 is 1.39 bits per heavy atom. The highest BCUT2D eigenvalue weighted by atomic mass is 16.4. The SMILES string of the molecule is C=CCCNc1nc(C(=O)O)nc2ccccc12. The normalized spacial score (nSPS) is 10.2. The number of carboxylic acids is 1. The average molecular weight is 243 g/mol. The standard InChI is InChI=1S/C13H13N3O2/c1-2-3-8-14-11-9-6-4-5-7-10(9)15-12(16-11)13(17)18/h2,4-7H,1,3,8H2,(H,17,18)(H,14,15,16). The lowest BCUT2D eigenvalue weighted by atomic mass is 10.2. The Bertz CT molecular complexity index is 596. The number of nitrogens with zero attached hydrogens (tertiary/aromatic N) is 2. The predicted molar refractivity (Wildman–Crippen MR) is 69.8 cm³/mol. The fourth-order valence-corrected chi connectivity index (χ4v) is 1.60. The predicted octanol–water partition coefficient (Wildman–Crippen LogP) is 2.32. The molecule has 0 saturated heterocycles. The van der Waals surface area contributed by atoms with E-state index in [1.54, 1.807) is 12.1 Å². The highest BCUT2D eigenvalue weighted by molar-refractivity contribution is 5.93. The summed E-state index contributed by atoms with van der Waals surface area (Å²) in [5.74, 6) is -0.790. The first-order valence-electron chi connectivity index (χ1n) is 5.57. The smallest absolute Gasteiger partial charge is 0.374 e. The lowest BCUT2D eigenvalue weighted by Gasteiger charge is -2.08. The van der Waals surface area contributed by atoms with E-state index in [1.807, 2.05) is 18.2 Å². The number of anilines is 1. The minimum atomic E-state index is -1.13. The molecule has 1 aromatic heterocycles. The van der Waals surface area contributed by atoms with Crippen LogP contribution in [0.5, 0.6) is 0 Å². The second-order valence-electron chi connectivity index (χ2n) is 3.72. The second-order valence-corrected chi connectivity index (χ2v) is 3.72. The highest BCUT2D eigenvalue weighted by Crippen LogP contribution is 2.19. The van der Waals surface area contributed by atoms with Gasteiger partial charge in [0.05, 0.1) is 5.52 Å². The van der Waals surface area contributed by atoms with Crippen LogP contribution in [0.1, 0.15) is 17.0 Å². The Morgan fingerprint density at radius 2 is 2.17 bits per heavy atom. The van der Waals surface area contributed by atoms with Crippen molar-refractivity contribution in [2.45, 2.75) is 6.42 Å². The molecule has 0 atom stereocenters. The molecular formula is C13H13N3O2. The molecule has 0 spiro atoms. The zero-order valence-electron chi connectivity index (χ0n) is 9.76. The summed E-state index contributed by atoms with van der Waals surface area (Å²) in [5.41, 5.74) is 0.617. The van der Waals surface area contributed by atoms with Gasteiger partial charge in [0.2, 0.25) is 5.82 Å². The fourth-order valence-electron chi connectivity index (χ4n) is 1.60. The Hall–Kier alpha value is -2.43. The van der Waals surface area contributed by atoms with Crippen molar-refractivity contribution in [1.82, 2.24) is 9.97 Å². The molecule has 18 heavy (non-hydrogen) atoms. The van der Waals surface area contributed by atoms with Gasteiger partial charge >= 0.3 is 5.97 Å². The van der Waals surface area contributed by atoms with Gasteiger partial charge in [-0.05, 0) is 18.6 Å². The van der Waals surface area contributed by atoms with Gasteiger partial charge in [0.25, 0.3) is 0 Å². The van der Waals surface area contributed by atoms with Gasteiger partial charge in [0.15, 0.2) is 0 Å². The Kier molecular flexibility index (Phi) is 3.52.